The first-order valence-electron chi connectivity index (χ1n) is 16.3. The average molecular weight is 672 g/mol. The molecule has 1 saturated carbocycles. The van der Waals surface area contributed by atoms with Crippen LogP contribution in [0.2, 0.25) is 0 Å². The zero-order chi connectivity index (χ0) is 34.9. The van der Waals surface area contributed by atoms with Crippen LogP contribution in [-0.2, 0) is 0 Å². The third-order valence-electron chi connectivity index (χ3n) is 8.39. The van der Waals surface area contributed by atoms with Gasteiger partial charge in [0.15, 0.2) is 0 Å². The molecule has 258 valence electrons. The van der Waals surface area contributed by atoms with Crippen LogP contribution in [0.15, 0.2) is 71.7 Å². The third kappa shape index (κ3) is 9.14. The Morgan fingerprint density at radius 1 is 0.878 bits per heavy atom. The SMILES string of the molecule is N=C(N)c1ccc(OCCCCCOc2ccc(C(=N)N)cc2)cc1.O=C(O)c1cn(C2CC2)c2cc(N3CCNCC3)c(F)cc2c1=O. The first-order valence-corrected chi connectivity index (χ1v) is 16.3. The molecule has 13 heteroatoms. The molecular weight excluding hydrogens is 629 g/mol. The van der Waals surface area contributed by atoms with E-state index in [1.807, 2.05) is 33.7 Å². The monoisotopic (exact) mass is 671 g/mol. The Labute approximate surface area is 283 Å². The van der Waals surface area contributed by atoms with E-state index in [9.17, 15) is 19.1 Å². The number of hydrogen-bond donors (Lipinski definition) is 6. The van der Waals surface area contributed by atoms with Crippen molar-refractivity contribution in [1.82, 2.24) is 9.88 Å². The quantitative estimate of drug-likeness (QED) is 0.0676. The molecule has 2 heterocycles. The molecule has 0 bridgehead atoms. The van der Waals surface area contributed by atoms with Gasteiger partial charge in [-0.25, -0.2) is 9.18 Å². The lowest BCUT2D eigenvalue weighted by Gasteiger charge is -2.30. The topological polar surface area (TPSA) is 193 Å². The lowest BCUT2D eigenvalue weighted by atomic mass is 10.1. The number of fused-ring (bicyclic) bond motifs is 1. The van der Waals surface area contributed by atoms with E-state index in [0.717, 1.165) is 56.7 Å². The van der Waals surface area contributed by atoms with Crippen molar-refractivity contribution in [1.29, 1.82) is 10.8 Å². The summed E-state index contributed by atoms with van der Waals surface area (Å²) in [5.74, 6) is -0.0714. The Hall–Kier alpha value is -5.43. The Morgan fingerprint density at radius 3 is 1.88 bits per heavy atom. The van der Waals surface area contributed by atoms with E-state index < -0.39 is 17.2 Å². The van der Waals surface area contributed by atoms with Crippen LogP contribution in [0.4, 0.5) is 10.1 Å². The van der Waals surface area contributed by atoms with Crippen molar-refractivity contribution in [2.75, 3.05) is 44.3 Å². The smallest absolute Gasteiger partial charge is 0.341 e. The van der Waals surface area contributed by atoms with Gasteiger partial charge in [0, 0.05) is 54.9 Å². The molecular formula is C36H42FN7O5. The predicted molar refractivity (Wildman–Crippen MR) is 188 cm³/mol. The zero-order valence-corrected chi connectivity index (χ0v) is 27.2. The maximum atomic E-state index is 14.6. The summed E-state index contributed by atoms with van der Waals surface area (Å²) in [6.45, 7) is 4.25. The largest absolute Gasteiger partial charge is 0.494 e. The first kappa shape index (κ1) is 34.9. The number of nitrogens with one attached hydrogen (secondary N) is 3. The number of hydrogen-bond acceptors (Lipinski definition) is 8. The molecule has 4 aromatic rings. The molecule has 0 spiro atoms. The molecule has 0 atom stereocenters. The molecule has 1 aliphatic carbocycles. The highest BCUT2D eigenvalue weighted by Crippen LogP contribution is 2.38. The van der Waals surface area contributed by atoms with Crippen LogP contribution < -0.4 is 36.6 Å². The molecule has 8 N–H and O–H groups in total. The van der Waals surface area contributed by atoms with E-state index in [-0.39, 0.29) is 28.7 Å². The van der Waals surface area contributed by atoms with E-state index in [0.29, 0.717) is 48.6 Å². The van der Waals surface area contributed by atoms with Gasteiger partial charge in [0.1, 0.15) is 34.6 Å². The number of carbonyl (C=O) groups is 1. The van der Waals surface area contributed by atoms with Crippen LogP contribution in [0.3, 0.4) is 0 Å². The number of nitrogens with two attached hydrogens (primary N) is 2. The number of carboxylic acids is 1. The number of aromatic carboxylic acids is 1. The average Bonchev–Trinajstić information content (AvgIpc) is 3.95. The van der Waals surface area contributed by atoms with E-state index >= 15 is 0 Å². The molecule has 2 fully saturated rings. The molecule has 0 amide bonds. The molecule has 1 saturated heterocycles. The standard InChI is InChI=1S/C19H24N4O2.C17H18FN3O3/c20-18(21)14-4-8-16(9-5-14)24-12-2-1-3-13-25-17-10-6-15(7-11-17)19(22)23;18-13-7-11-14(8-15(13)20-5-3-19-4-6-20)21(10-1-2-10)9-12(16(11)22)17(23)24/h4-11H,1-3,12-13H2,(H3,20,21)(H3,22,23);7-10,19H,1-6H2,(H,23,24). The van der Waals surface area contributed by atoms with Gasteiger partial charge >= 0.3 is 5.97 Å². The molecule has 12 nitrogen and oxygen atoms in total. The van der Waals surface area contributed by atoms with Crippen molar-refractivity contribution in [2.24, 2.45) is 11.5 Å². The first-order chi connectivity index (χ1) is 23.6. The minimum atomic E-state index is -1.28. The number of aromatic nitrogens is 1. The molecule has 0 unspecified atom stereocenters. The van der Waals surface area contributed by atoms with Crippen LogP contribution in [-0.4, -0.2) is 66.7 Å². The number of benzene rings is 3. The van der Waals surface area contributed by atoms with Crippen LogP contribution in [0, 0.1) is 16.6 Å². The molecule has 6 rings (SSSR count). The van der Waals surface area contributed by atoms with Crippen LogP contribution in [0.1, 0.15) is 59.6 Å². The van der Waals surface area contributed by atoms with Gasteiger partial charge in [-0.05, 0) is 92.8 Å². The van der Waals surface area contributed by atoms with Crippen molar-refractivity contribution >= 4 is 34.2 Å². The lowest BCUT2D eigenvalue weighted by Crippen LogP contribution is -2.43. The maximum Gasteiger partial charge on any atom is 0.341 e. The van der Waals surface area contributed by atoms with Gasteiger partial charge in [-0.1, -0.05) is 0 Å². The second kappa shape index (κ2) is 16.1. The fourth-order valence-electron chi connectivity index (χ4n) is 5.54. The third-order valence-corrected chi connectivity index (χ3v) is 8.39. The van der Waals surface area contributed by atoms with Gasteiger partial charge in [-0.3, -0.25) is 15.6 Å². The summed E-state index contributed by atoms with van der Waals surface area (Å²) in [5, 5.41) is 27.3. The lowest BCUT2D eigenvalue weighted by molar-refractivity contribution is 0.0694. The second-order valence-corrected chi connectivity index (χ2v) is 12.0. The summed E-state index contributed by atoms with van der Waals surface area (Å²) < 4.78 is 27.7. The number of anilines is 1. The highest BCUT2D eigenvalue weighted by atomic mass is 19.1. The Bertz CT molecular complexity index is 1790. The molecule has 1 aromatic heterocycles. The number of amidine groups is 2. The number of rotatable bonds is 13. The van der Waals surface area contributed by atoms with Crippen molar-refractivity contribution in [3.05, 3.63) is 99.6 Å². The van der Waals surface area contributed by atoms with Crippen molar-refractivity contribution in [2.45, 2.75) is 38.1 Å². The van der Waals surface area contributed by atoms with E-state index in [4.69, 9.17) is 31.8 Å². The van der Waals surface area contributed by atoms with Crippen molar-refractivity contribution in [3.63, 3.8) is 0 Å². The molecule has 49 heavy (non-hydrogen) atoms. The van der Waals surface area contributed by atoms with Gasteiger partial charge in [0.2, 0.25) is 5.43 Å². The van der Waals surface area contributed by atoms with Crippen molar-refractivity contribution in [3.8, 4) is 11.5 Å². The summed E-state index contributed by atoms with van der Waals surface area (Å²) in [4.78, 5) is 25.7. The molecule has 2 aliphatic rings. The van der Waals surface area contributed by atoms with E-state index in [1.165, 1.54) is 12.3 Å². The van der Waals surface area contributed by atoms with E-state index in [1.54, 1.807) is 30.3 Å². The van der Waals surface area contributed by atoms with Gasteiger partial charge in [-0.2, -0.15) is 0 Å². The summed E-state index contributed by atoms with van der Waals surface area (Å²) in [6.07, 6.45) is 6.19. The van der Waals surface area contributed by atoms with Crippen LogP contribution in [0.25, 0.3) is 10.9 Å². The van der Waals surface area contributed by atoms with Gasteiger partial charge in [-0.15, -0.1) is 0 Å². The number of nitrogen functional groups attached to an aromatic ring is 2. The summed E-state index contributed by atoms with van der Waals surface area (Å²) in [7, 11) is 0. The number of piperazine rings is 1. The van der Waals surface area contributed by atoms with Crippen LogP contribution in [0.5, 0.6) is 11.5 Å². The number of carboxylic acid groups (broad SMARTS) is 1. The van der Waals surface area contributed by atoms with E-state index in [2.05, 4.69) is 5.32 Å². The number of nitrogens with zero attached hydrogens (tertiary/aromatic N) is 2. The highest BCUT2D eigenvalue weighted by Gasteiger charge is 2.28. The molecule has 0 radical (unpaired) electrons. The molecule has 1 aliphatic heterocycles. The zero-order valence-electron chi connectivity index (χ0n) is 27.2. The number of pyridine rings is 1. The minimum Gasteiger partial charge on any atom is -0.494 e. The minimum absolute atomic E-state index is 0.0579. The highest BCUT2D eigenvalue weighted by molar-refractivity contribution is 5.95. The van der Waals surface area contributed by atoms with Crippen molar-refractivity contribution < 1.29 is 23.8 Å². The second-order valence-electron chi connectivity index (χ2n) is 12.0. The number of ether oxygens (including phenoxy) is 2. The van der Waals surface area contributed by atoms with Gasteiger partial charge in [0.25, 0.3) is 0 Å². The summed E-state index contributed by atoms with van der Waals surface area (Å²) in [5.41, 5.74) is 12.4. The molecule has 3 aromatic carbocycles. The Morgan fingerprint density at radius 2 is 1.41 bits per heavy atom. The van der Waals surface area contributed by atoms with Crippen LogP contribution >= 0.6 is 0 Å². The Balaban J connectivity index is 0.000000191. The number of halogens is 1. The van der Waals surface area contributed by atoms with Gasteiger partial charge < -0.3 is 40.8 Å². The predicted octanol–water partition coefficient (Wildman–Crippen LogP) is 4.47. The Kier molecular flexibility index (Phi) is 11.5. The fourth-order valence-corrected chi connectivity index (χ4v) is 5.54. The summed E-state index contributed by atoms with van der Waals surface area (Å²) in [6, 6.07) is 17.5. The maximum absolute atomic E-state index is 14.6. The fraction of sp³-hybridized carbons (Fsp3) is 0.333. The summed E-state index contributed by atoms with van der Waals surface area (Å²) >= 11 is 0. The number of unbranched alkanes of at least 4 members (excludes halogenated alkanes) is 2. The normalized spacial score (nSPS) is 14.1. The van der Waals surface area contributed by atoms with Gasteiger partial charge in [0.05, 0.1) is 24.4 Å².